The summed E-state index contributed by atoms with van der Waals surface area (Å²) in [7, 11) is 3.60. The highest BCUT2D eigenvalue weighted by atomic mass is 32.7. The first-order valence-electron chi connectivity index (χ1n) is 20.9. The molecule has 13 nitrogen and oxygen atoms in total. The van der Waals surface area contributed by atoms with E-state index in [1.807, 2.05) is 109 Å². The average molecular weight is 915 g/mol. The van der Waals surface area contributed by atoms with Crippen LogP contribution in [0.4, 0.5) is 5.82 Å². The van der Waals surface area contributed by atoms with Crippen molar-refractivity contribution in [2.75, 3.05) is 71.5 Å². The smallest absolute Gasteiger partial charge is 0.351 e. The van der Waals surface area contributed by atoms with Gasteiger partial charge in [0.2, 0.25) is 5.12 Å². The number of nitrogens with zero attached hydrogens (tertiary/aromatic N) is 3. The van der Waals surface area contributed by atoms with E-state index in [-0.39, 0.29) is 24.1 Å². The van der Waals surface area contributed by atoms with Crippen molar-refractivity contribution in [3.05, 3.63) is 154 Å². The van der Waals surface area contributed by atoms with Crippen LogP contribution in [0, 0.1) is 6.92 Å². The maximum atomic E-state index is 13.7. The third-order valence-corrected chi connectivity index (χ3v) is 16.2. The topological polar surface area (TPSA) is 146 Å². The maximum Gasteiger partial charge on any atom is 0.351 e. The van der Waals surface area contributed by atoms with E-state index in [1.165, 1.54) is 16.3 Å². The van der Waals surface area contributed by atoms with Gasteiger partial charge in [-0.05, 0) is 60.7 Å². The summed E-state index contributed by atoms with van der Waals surface area (Å²) in [6.07, 6.45) is 0.527. The molecule has 0 radical (unpaired) electrons. The number of nitrogen functional groups attached to an aromatic ring is 1. The van der Waals surface area contributed by atoms with Gasteiger partial charge >= 0.3 is 5.69 Å². The minimum Gasteiger partial charge on any atom is -0.497 e. The van der Waals surface area contributed by atoms with Crippen LogP contribution in [0.25, 0.3) is 0 Å². The number of benzene rings is 4. The molecule has 5 aromatic rings. The second-order valence-electron chi connectivity index (χ2n) is 15.0. The van der Waals surface area contributed by atoms with Gasteiger partial charge in [0.05, 0.1) is 34.0 Å². The number of hydrogen-bond donors (Lipinski definition) is 1. The number of aryl methyl sites for hydroxylation is 1. The lowest BCUT2D eigenvalue weighted by Gasteiger charge is -2.38. The normalized spacial score (nSPS) is 19.6. The molecule has 0 spiro atoms. The summed E-state index contributed by atoms with van der Waals surface area (Å²) in [6.45, 7) is 4.07. The molecule has 0 saturated carbocycles. The fraction of sp³-hybridized carbons (Fsp3) is 0.383. The fourth-order valence-electron chi connectivity index (χ4n) is 7.73. The minimum atomic E-state index is -1.29. The monoisotopic (exact) mass is 914 g/mol. The number of rotatable bonds is 21. The molecule has 2 unspecified atom stereocenters. The van der Waals surface area contributed by atoms with Gasteiger partial charge in [0, 0.05) is 49.0 Å². The second-order valence-corrected chi connectivity index (χ2v) is 19.7. The molecule has 5 atom stereocenters. The first-order valence-corrected chi connectivity index (χ1v) is 24.7. The minimum absolute atomic E-state index is 0.0175. The van der Waals surface area contributed by atoms with Crippen molar-refractivity contribution >= 4 is 41.6 Å². The Morgan fingerprint density at radius 3 is 2.03 bits per heavy atom. The van der Waals surface area contributed by atoms with Crippen LogP contribution in [0.15, 0.2) is 120 Å². The maximum absolute atomic E-state index is 13.7. The van der Waals surface area contributed by atoms with Crippen LogP contribution in [0.5, 0.6) is 11.5 Å². The summed E-state index contributed by atoms with van der Waals surface area (Å²) in [6, 6.07) is 35.1. The van der Waals surface area contributed by atoms with Crippen molar-refractivity contribution in [1.82, 2.24) is 14.2 Å². The van der Waals surface area contributed by atoms with Crippen LogP contribution in [0.3, 0.4) is 0 Å². The van der Waals surface area contributed by atoms with Crippen LogP contribution in [0.1, 0.15) is 51.7 Å². The van der Waals surface area contributed by atoms with Crippen LogP contribution >= 0.6 is 30.6 Å². The molecule has 0 bridgehead atoms. The summed E-state index contributed by atoms with van der Waals surface area (Å²) in [4.78, 5) is 30.8. The van der Waals surface area contributed by atoms with E-state index in [4.69, 9.17) is 38.7 Å². The number of carbonyl (C=O) groups is 1. The quantitative estimate of drug-likeness (QED) is 0.0430. The van der Waals surface area contributed by atoms with Crippen molar-refractivity contribution < 1.29 is 37.7 Å². The van der Waals surface area contributed by atoms with Gasteiger partial charge in [-0.1, -0.05) is 108 Å². The van der Waals surface area contributed by atoms with Crippen LogP contribution < -0.4 is 20.9 Å². The van der Waals surface area contributed by atoms with Gasteiger partial charge in [0.25, 0.3) is 0 Å². The third-order valence-electron chi connectivity index (χ3n) is 11.0. The van der Waals surface area contributed by atoms with Crippen LogP contribution in [-0.4, -0.2) is 103 Å². The standard InChI is InChI=1S/C47H55N4O9PS2/c1-33-31-51(46(53)49-43(33)48)44-42(57-28-27-54-2)41(60-61(50-25-11-12-26-50)63-30-29-62-45(52)34-13-7-5-8-14-34)40(59-44)32-58-47(35-15-9-6-10-16-35,36-17-21-38(55-3)22-18-36)37-19-23-39(56-4)24-20-37/h5-10,13-24,31,40-42,44H,11-12,25-30,32H2,1-4H3,(H2,48,49,53)/t40-,41+,42?,44-,61?/m1/s1. The predicted octanol–water partition coefficient (Wildman–Crippen LogP) is 8.10. The van der Waals surface area contributed by atoms with E-state index in [9.17, 15) is 9.59 Å². The lowest BCUT2D eigenvalue weighted by atomic mass is 9.80. The second kappa shape index (κ2) is 22.6. The van der Waals surface area contributed by atoms with Gasteiger partial charge in [-0.25, -0.2) is 4.79 Å². The Morgan fingerprint density at radius 2 is 1.43 bits per heavy atom. The lowest BCUT2D eigenvalue weighted by Crippen LogP contribution is -2.42. The number of methoxy groups -OCH3 is 3. The molecule has 2 aliphatic rings. The number of anilines is 1. The Labute approximate surface area is 378 Å². The molecular formula is C47H55N4O9PS2. The summed E-state index contributed by atoms with van der Waals surface area (Å²) < 4.78 is 48.8. The van der Waals surface area contributed by atoms with Gasteiger partial charge in [-0.15, -0.1) is 0 Å². The summed E-state index contributed by atoms with van der Waals surface area (Å²) in [5.41, 5.74) is 8.26. The number of hydrogen-bond acceptors (Lipinski definition) is 14. The first-order chi connectivity index (χ1) is 30.7. The van der Waals surface area contributed by atoms with E-state index in [1.54, 1.807) is 45.8 Å². The molecule has 7 rings (SSSR count). The van der Waals surface area contributed by atoms with Gasteiger partial charge in [-0.3, -0.25) is 14.0 Å². The third kappa shape index (κ3) is 11.2. The molecular weight excluding hydrogens is 860 g/mol. The molecule has 63 heavy (non-hydrogen) atoms. The zero-order chi connectivity index (χ0) is 44.2. The number of thioether (sulfide) groups is 1. The predicted molar refractivity (Wildman–Crippen MR) is 250 cm³/mol. The Bertz CT molecular complexity index is 2220. The number of nitrogens with two attached hydrogens (primary N) is 1. The van der Waals surface area contributed by atoms with Crippen molar-refractivity contribution in [3.63, 3.8) is 0 Å². The summed E-state index contributed by atoms with van der Waals surface area (Å²) >= 11 is 3.00. The van der Waals surface area contributed by atoms with Gasteiger partial charge in [-0.2, -0.15) is 4.98 Å². The average Bonchev–Trinajstić information content (AvgIpc) is 3.98. The SMILES string of the molecule is COCCOC1[C@@H](OP(SCCSC(=O)c2ccccc2)N2CCCC2)[C@@H](COC(c2ccccc2)(c2ccc(OC)cc2)c2ccc(OC)cc2)O[C@H]1n1cc(C)c(N)nc1=O. The Kier molecular flexibility index (Phi) is 16.7. The fourth-order valence-corrected chi connectivity index (χ4v) is 13.0. The largest absolute Gasteiger partial charge is 0.497 e. The molecule has 2 N–H and O–H groups in total. The molecule has 2 aliphatic heterocycles. The first kappa shape index (κ1) is 46.7. The van der Waals surface area contributed by atoms with Gasteiger partial charge in [0.15, 0.2) is 13.7 Å². The van der Waals surface area contributed by atoms with Crippen LogP contribution in [0.2, 0.25) is 0 Å². The molecule has 0 amide bonds. The van der Waals surface area contributed by atoms with Gasteiger partial charge < -0.3 is 38.7 Å². The molecule has 3 heterocycles. The Balaban J connectivity index is 1.28. The molecule has 1 aromatic heterocycles. The molecule has 16 heteroatoms. The Morgan fingerprint density at radius 1 is 0.825 bits per heavy atom. The zero-order valence-electron chi connectivity index (χ0n) is 36.0. The van der Waals surface area contributed by atoms with E-state index < -0.39 is 43.3 Å². The van der Waals surface area contributed by atoms with Crippen molar-refractivity contribution in [1.29, 1.82) is 0 Å². The van der Waals surface area contributed by atoms with Crippen molar-refractivity contribution in [3.8, 4) is 11.5 Å². The number of ether oxygens (including phenoxy) is 6. The molecule has 4 aromatic carbocycles. The summed E-state index contributed by atoms with van der Waals surface area (Å²) in [5, 5.41) is 0.0342. The van der Waals surface area contributed by atoms with E-state index in [0.29, 0.717) is 40.7 Å². The highest BCUT2D eigenvalue weighted by Gasteiger charge is 2.51. The molecule has 2 fully saturated rings. The molecule has 2 saturated heterocycles. The van der Waals surface area contributed by atoms with E-state index >= 15 is 0 Å². The highest BCUT2D eigenvalue weighted by Crippen LogP contribution is 2.58. The lowest BCUT2D eigenvalue weighted by molar-refractivity contribution is -0.0989. The Hall–Kier alpha value is -4.28. The van der Waals surface area contributed by atoms with Gasteiger partial charge in [0.1, 0.15) is 41.2 Å². The number of aromatic nitrogens is 2. The van der Waals surface area contributed by atoms with Crippen molar-refractivity contribution in [2.45, 2.75) is 49.9 Å². The number of carbonyl (C=O) groups excluding carboxylic acids is 1. The molecule has 0 aliphatic carbocycles. The summed E-state index contributed by atoms with van der Waals surface area (Å²) in [5.74, 6) is 2.83. The van der Waals surface area contributed by atoms with E-state index in [0.717, 1.165) is 42.6 Å². The zero-order valence-corrected chi connectivity index (χ0v) is 38.5. The van der Waals surface area contributed by atoms with Crippen molar-refractivity contribution in [2.24, 2.45) is 0 Å². The van der Waals surface area contributed by atoms with E-state index in [2.05, 4.69) is 9.65 Å². The highest BCUT2D eigenvalue weighted by molar-refractivity contribution is 8.53. The van der Waals surface area contributed by atoms with Crippen LogP contribution in [-0.2, 0) is 29.1 Å². The molecule has 334 valence electrons.